The highest BCUT2D eigenvalue weighted by atomic mass is 32.1. The molecule has 1 saturated heterocycles. The van der Waals surface area contributed by atoms with E-state index >= 15 is 0 Å². The maximum atomic E-state index is 13.1. The monoisotopic (exact) mass is 345 g/mol. The number of ether oxygens (including phenoxy) is 1. The second-order valence-corrected chi connectivity index (χ2v) is 7.89. The molecule has 2 aliphatic rings. The van der Waals surface area contributed by atoms with Gasteiger partial charge in [-0.2, -0.15) is 5.10 Å². The summed E-state index contributed by atoms with van der Waals surface area (Å²) in [6.07, 6.45) is 8.20. The van der Waals surface area contributed by atoms with Crippen molar-refractivity contribution in [3.8, 4) is 0 Å². The molecule has 1 amide bonds. The lowest BCUT2D eigenvalue weighted by atomic mass is 10.0. The van der Waals surface area contributed by atoms with Gasteiger partial charge in [-0.05, 0) is 43.4 Å². The molecule has 0 bridgehead atoms. The van der Waals surface area contributed by atoms with Crippen LogP contribution in [0.5, 0.6) is 0 Å². The third-order valence-corrected chi connectivity index (χ3v) is 6.11. The Morgan fingerprint density at radius 2 is 2.38 bits per heavy atom. The standard InChI is InChI=1S/C18H23N3O2S/c1-13-9-19-20(10-13)11-15-4-2-3-6-21(15)18(22)17-8-14-12-23-7-5-16(14)24-17/h8-10,15H,2-7,11-12H2,1H3. The smallest absolute Gasteiger partial charge is 0.264 e. The highest BCUT2D eigenvalue weighted by Crippen LogP contribution is 2.30. The minimum atomic E-state index is 0.183. The fourth-order valence-electron chi connectivity index (χ4n) is 3.63. The van der Waals surface area contributed by atoms with Crippen molar-refractivity contribution in [2.24, 2.45) is 0 Å². The van der Waals surface area contributed by atoms with Crippen molar-refractivity contribution >= 4 is 17.2 Å². The number of aromatic nitrogens is 2. The predicted octanol–water partition coefficient (Wildman–Crippen LogP) is 3.02. The summed E-state index contributed by atoms with van der Waals surface area (Å²) < 4.78 is 7.48. The lowest BCUT2D eigenvalue weighted by Gasteiger charge is -2.35. The lowest BCUT2D eigenvalue weighted by molar-refractivity contribution is 0.0588. The third-order valence-electron chi connectivity index (χ3n) is 4.89. The molecule has 6 heteroatoms. The summed E-state index contributed by atoms with van der Waals surface area (Å²) in [5.41, 5.74) is 2.36. The SMILES string of the molecule is Cc1cnn(CC2CCCCN2C(=O)c2cc3c(s2)CCOC3)c1. The van der Waals surface area contributed by atoms with Gasteiger partial charge in [0.1, 0.15) is 0 Å². The topological polar surface area (TPSA) is 47.4 Å². The number of piperidine rings is 1. The Hall–Kier alpha value is -1.66. The Bertz CT molecular complexity index is 713. The number of amides is 1. The maximum absolute atomic E-state index is 13.1. The largest absolute Gasteiger partial charge is 0.376 e. The summed E-state index contributed by atoms with van der Waals surface area (Å²) in [6.45, 7) is 5.10. The first-order chi connectivity index (χ1) is 11.7. The van der Waals surface area contributed by atoms with Crippen molar-refractivity contribution in [3.63, 3.8) is 0 Å². The number of carbonyl (C=O) groups is 1. The second kappa shape index (κ2) is 6.69. The van der Waals surface area contributed by atoms with E-state index in [2.05, 4.69) is 16.2 Å². The molecular formula is C18H23N3O2S. The molecule has 2 aliphatic heterocycles. The van der Waals surface area contributed by atoms with E-state index in [9.17, 15) is 4.79 Å². The van der Waals surface area contributed by atoms with Crippen LogP contribution in [0.2, 0.25) is 0 Å². The Kier molecular flexibility index (Phi) is 4.41. The van der Waals surface area contributed by atoms with Crippen molar-refractivity contribution in [1.29, 1.82) is 0 Å². The van der Waals surface area contributed by atoms with Crippen molar-refractivity contribution < 1.29 is 9.53 Å². The van der Waals surface area contributed by atoms with Gasteiger partial charge in [0.2, 0.25) is 0 Å². The Labute approximate surface area is 146 Å². The third kappa shape index (κ3) is 3.13. The van der Waals surface area contributed by atoms with E-state index in [0.29, 0.717) is 6.61 Å². The average Bonchev–Trinajstić information content (AvgIpc) is 3.20. The predicted molar refractivity (Wildman–Crippen MR) is 93.3 cm³/mol. The first-order valence-electron chi connectivity index (χ1n) is 8.70. The zero-order valence-electron chi connectivity index (χ0n) is 14.0. The van der Waals surface area contributed by atoms with E-state index in [1.165, 1.54) is 16.9 Å². The van der Waals surface area contributed by atoms with Gasteiger partial charge in [-0.1, -0.05) is 0 Å². The van der Waals surface area contributed by atoms with E-state index in [4.69, 9.17) is 4.74 Å². The minimum absolute atomic E-state index is 0.183. The van der Waals surface area contributed by atoms with Gasteiger partial charge in [0, 0.05) is 24.0 Å². The van der Waals surface area contributed by atoms with Gasteiger partial charge in [0.25, 0.3) is 5.91 Å². The second-order valence-electron chi connectivity index (χ2n) is 6.75. The molecule has 1 atom stereocenters. The van der Waals surface area contributed by atoms with Gasteiger partial charge in [0.15, 0.2) is 0 Å². The first kappa shape index (κ1) is 15.8. The highest BCUT2D eigenvalue weighted by molar-refractivity contribution is 7.14. The number of fused-ring (bicyclic) bond motifs is 1. The molecule has 2 aromatic heterocycles. The van der Waals surface area contributed by atoms with Gasteiger partial charge in [0.05, 0.1) is 36.9 Å². The molecule has 0 spiro atoms. The number of carbonyl (C=O) groups excluding carboxylic acids is 1. The summed E-state index contributed by atoms with van der Waals surface area (Å²) >= 11 is 1.66. The van der Waals surface area contributed by atoms with E-state index in [1.54, 1.807) is 11.3 Å². The van der Waals surface area contributed by atoms with Gasteiger partial charge in [-0.15, -0.1) is 11.3 Å². The van der Waals surface area contributed by atoms with Gasteiger partial charge < -0.3 is 9.64 Å². The number of hydrogen-bond donors (Lipinski definition) is 0. The van der Waals surface area contributed by atoms with E-state index in [-0.39, 0.29) is 11.9 Å². The molecule has 0 radical (unpaired) electrons. The zero-order chi connectivity index (χ0) is 16.5. The summed E-state index contributed by atoms with van der Waals surface area (Å²) in [5.74, 6) is 0.183. The summed E-state index contributed by atoms with van der Waals surface area (Å²) in [7, 11) is 0. The molecule has 0 aromatic carbocycles. The van der Waals surface area contributed by atoms with Crippen LogP contribution in [0.15, 0.2) is 18.5 Å². The number of rotatable bonds is 3. The van der Waals surface area contributed by atoms with E-state index in [0.717, 1.165) is 49.4 Å². The van der Waals surface area contributed by atoms with Crippen LogP contribution >= 0.6 is 11.3 Å². The maximum Gasteiger partial charge on any atom is 0.264 e. The molecule has 0 saturated carbocycles. The molecule has 0 aliphatic carbocycles. The normalized spacial score (nSPS) is 20.9. The van der Waals surface area contributed by atoms with Gasteiger partial charge >= 0.3 is 0 Å². The fourth-order valence-corrected chi connectivity index (χ4v) is 4.74. The highest BCUT2D eigenvalue weighted by Gasteiger charge is 2.29. The van der Waals surface area contributed by atoms with Gasteiger partial charge in [-0.3, -0.25) is 9.48 Å². The molecule has 1 fully saturated rings. The molecule has 2 aromatic rings. The number of aryl methyl sites for hydroxylation is 1. The van der Waals surface area contributed by atoms with Crippen LogP contribution in [-0.4, -0.2) is 39.8 Å². The van der Waals surface area contributed by atoms with Crippen LogP contribution in [0.3, 0.4) is 0 Å². The Morgan fingerprint density at radius 3 is 3.17 bits per heavy atom. The minimum Gasteiger partial charge on any atom is -0.376 e. The van der Waals surface area contributed by atoms with Gasteiger partial charge in [-0.25, -0.2) is 0 Å². The lowest BCUT2D eigenvalue weighted by Crippen LogP contribution is -2.45. The molecule has 4 heterocycles. The Balaban J connectivity index is 1.53. The van der Waals surface area contributed by atoms with Crippen LogP contribution in [0.4, 0.5) is 0 Å². The summed E-state index contributed by atoms with van der Waals surface area (Å²) in [4.78, 5) is 17.3. The quantitative estimate of drug-likeness (QED) is 0.859. The van der Waals surface area contributed by atoms with Crippen LogP contribution in [-0.2, 0) is 24.3 Å². The molecule has 0 N–H and O–H groups in total. The number of nitrogens with zero attached hydrogens (tertiary/aromatic N) is 3. The molecule has 128 valence electrons. The average molecular weight is 345 g/mol. The Morgan fingerprint density at radius 1 is 1.46 bits per heavy atom. The number of likely N-dealkylation sites (tertiary alicyclic amines) is 1. The van der Waals surface area contributed by atoms with E-state index < -0.39 is 0 Å². The van der Waals surface area contributed by atoms with Crippen LogP contribution in [0.1, 0.15) is 44.9 Å². The molecule has 5 nitrogen and oxygen atoms in total. The fraction of sp³-hybridized carbons (Fsp3) is 0.556. The van der Waals surface area contributed by atoms with Crippen LogP contribution in [0, 0.1) is 6.92 Å². The van der Waals surface area contributed by atoms with Crippen molar-refractivity contribution in [3.05, 3.63) is 39.3 Å². The summed E-state index contributed by atoms with van der Waals surface area (Å²) in [5, 5.41) is 4.39. The summed E-state index contributed by atoms with van der Waals surface area (Å²) in [6, 6.07) is 2.28. The molecule has 4 rings (SSSR count). The van der Waals surface area contributed by atoms with Crippen molar-refractivity contribution in [2.75, 3.05) is 13.2 Å². The first-order valence-corrected chi connectivity index (χ1v) is 9.52. The van der Waals surface area contributed by atoms with Crippen LogP contribution in [0.25, 0.3) is 0 Å². The molecule has 24 heavy (non-hydrogen) atoms. The van der Waals surface area contributed by atoms with E-state index in [1.807, 2.05) is 23.9 Å². The molecule has 1 unspecified atom stereocenters. The molecular weight excluding hydrogens is 322 g/mol. The van der Waals surface area contributed by atoms with Crippen molar-refractivity contribution in [1.82, 2.24) is 14.7 Å². The van der Waals surface area contributed by atoms with Crippen molar-refractivity contribution in [2.45, 2.75) is 51.8 Å². The number of hydrogen-bond acceptors (Lipinski definition) is 4. The zero-order valence-corrected chi connectivity index (χ0v) is 14.8. The number of thiophene rings is 1. The van der Waals surface area contributed by atoms with Crippen LogP contribution < -0.4 is 0 Å².